The molecule has 0 bridgehead atoms. The van der Waals surface area contributed by atoms with Crippen molar-refractivity contribution in [3.8, 4) is 39.3 Å². The average Bonchev–Trinajstić information content (AvgIpc) is 4.00. The molecule has 0 spiro atoms. The molecule has 1 aliphatic rings. The molecule has 282 valence electrons. The molecule has 13 rings (SSSR count). The van der Waals surface area contributed by atoms with E-state index in [9.17, 15) is 0 Å². The van der Waals surface area contributed by atoms with Gasteiger partial charge in [-0.05, 0) is 94.5 Å². The molecular formula is C57H39N3. The first-order valence-electron chi connectivity index (χ1n) is 20.9. The van der Waals surface area contributed by atoms with Crippen LogP contribution in [0.1, 0.15) is 25.0 Å². The number of aromatic nitrogens is 3. The van der Waals surface area contributed by atoms with E-state index >= 15 is 0 Å². The molecule has 0 aliphatic heterocycles. The van der Waals surface area contributed by atoms with Crippen LogP contribution in [0.4, 0.5) is 0 Å². The first-order valence-corrected chi connectivity index (χ1v) is 20.9. The maximum atomic E-state index is 2.53. The first-order chi connectivity index (χ1) is 29.5. The molecule has 60 heavy (non-hydrogen) atoms. The standard InChI is InChI=1S/C57H39N3/c1-57(2)49-23-11-6-18-40(49)41-31-29-38(35-50(41)57)60-54-27-15-10-22-45(54)48-34-39(59-52-25-13-7-19-42(52)43-20-8-14-26-53(43)59)33-47(56(48)60)36-28-30-46-44-21-9-12-24-51(44)58(55(46)32-36)37-16-4-3-5-17-37/h3-35H,1-2H3. The van der Waals surface area contributed by atoms with Crippen molar-refractivity contribution in [2.45, 2.75) is 19.3 Å². The fraction of sp³-hybridized carbons (Fsp3) is 0.0526. The predicted octanol–water partition coefficient (Wildman–Crippen LogP) is 15.0. The maximum Gasteiger partial charge on any atom is 0.0621 e. The van der Waals surface area contributed by atoms with Crippen molar-refractivity contribution in [1.29, 1.82) is 0 Å². The third kappa shape index (κ3) is 4.49. The second-order valence-corrected chi connectivity index (χ2v) is 16.9. The van der Waals surface area contributed by atoms with Crippen LogP contribution in [0.2, 0.25) is 0 Å². The fourth-order valence-corrected chi connectivity index (χ4v) is 10.7. The molecule has 1 aliphatic carbocycles. The lowest BCUT2D eigenvalue weighted by atomic mass is 9.82. The highest BCUT2D eigenvalue weighted by molar-refractivity contribution is 6.17. The summed E-state index contributed by atoms with van der Waals surface area (Å²) in [5.74, 6) is 0. The quantitative estimate of drug-likeness (QED) is 0.169. The zero-order chi connectivity index (χ0) is 39.7. The topological polar surface area (TPSA) is 14.8 Å². The lowest BCUT2D eigenvalue weighted by Crippen LogP contribution is -2.15. The van der Waals surface area contributed by atoms with Crippen LogP contribution in [-0.4, -0.2) is 13.7 Å². The summed E-state index contributed by atoms with van der Waals surface area (Å²) in [5.41, 5.74) is 18.3. The monoisotopic (exact) mass is 765 g/mol. The van der Waals surface area contributed by atoms with Gasteiger partial charge in [-0.1, -0.05) is 147 Å². The third-order valence-electron chi connectivity index (χ3n) is 13.4. The van der Waals surface area contributed by atoms with Gasteiger partial charge in [0.1, 0.15) is 0 Å². The Bertz CT molecular complexity index is 3690. The molecule has 12 aromatic rings. The summed E-state index contributed by atoms with van der Waals surface area (Å²) >= 11 is 0. The Morgan fingerprint density at radius 2 is 0.817 bits per heavy atom. The molecule has 0 amide bonds. The van der Waals surface area contributed by atoms with Crippen molar-refractivity contribution in [2.24, 2.45) is 0 Å². The molecule has 3 aromatic heterocycles. The van der Waals surface area contributed by atoms with Gasteiger partial charge >= 0.3 is 0 Å². The number of fused-ring (bicyclic) bond motifs is 12. The van der Waals surface area contributed by atoms with Crippen LogP contribution in [0.5, 0.6) is 0 Å². The molecular weight excluding hydrogens is 727 g/mol. The van der Waals surface area contributed by atoms with Crippen LogP contribution in [-0.2, 0) is 5.41 Å². The van der Waals surface area contributed by atoms with Gasteiger partial charge in [-0.2, -0.15) is 0 Å². The van der Waals surface area contributed by atoms with E-state index in [0.717, 1.165) is 11.4 Å². The summed E-state index contributed by atoms with van der Waals surface area (Å²) in [5, 5.41) is 7.47. The van der Waals surface area contributed by atoms with E-state index < -0.39 is 0 Å². The van der Waals surface area contributed by atoms with Crippen molar-refractivity contribution in [3.05, 3.63) is 211 Å². The number of rotatable bonds is 4. The molecule has 3 heteroatoms. The van der Waals surface area contributed by atoms with Crippen molar-refractivity contribution in [3.63, 3.8) is 0 Å². The number of benzene rings is 9. The zero-order valence-electron chi connectivity index (χ0n) is 33.4. The van der Waals surface area contributed by atoms with Gasteiger partial charge in [0, 0.05) is 60.4 Å². The molecule has 0 atom stereocenters. The summed E-state index contributed by atoms with van der Waals surface area (Å²) in [6.07, 6.45) is 0. The predicted molar refractivity (Wildman–Crippen MR) is 252 cm³/mol. The summed E-state index contributed by atoms with van der Waals surface area (Å²) in [4.78, 5) is 0. The Balaban J connectivity index is 1.17. The number of nitrogens with zero attached hydrogens (tertiary/aromatic N) is 3. The van der Waals surface area contributed by atoms with Gasteiger partial charge < -0.3 is 13.7 Å². The molecule has 0 N–H and O–H groups in total. The molecule has 0 saturated carbocycles. The van der Waals surface area contributed by atoms with E-state index in [1.807, 2.05) is 0 Å². The van der Waals surface area contributed by atoms with Crippen LogP contribution in [0, 0.1) is 0 Å². The summed E-state index contributed by atoms with van der Waals surface area (Å²) in [6, 6.07) is 74.3. The first kappa shape index (κ1) is 33.4. The second kappa shape index (κ2) is 12.2. The minimum Gasteiger partial charge on any atom is -0.309 e. The third-order valence-corrected chi connectivity index (χ3v) is 13.4. The van der Waals surface area contributed by atoms with E-state index in [1.165, 1.54) is 104 Å². The van der Waals surface area contributed by atoms with Gasteiger partial charge in [0.05, 0.1) is 33.1 Å². The van der Waals surface area contributed by atoms with Crippen LogP contribution >= 0.6 is 0 Å². The van der Waals surface area contributed by atoms with Crippen molar-refractivity contribution >= 4 is 65.4 Å². The maximum absolute atomic E-state index is 2.53. The van der Waals surface area contributed by atoms with Crippen molar-refractivity contribution in [1.82, 2.24) is 13.7 Å². The second-order valence-electron chi connectivity index (χ2n) is 16.9. The van der Waals surface area contributed by atoms with Gasteiger partial charge in [0.25, 0.3) is 0 Å². The van der Waals surface area contributed by atoms with Gasteiger partial charge in [0.2, 0.25) is 0 Å². The lowest BCUT2D eigenvalue weighted by Gasteiger charge is -2.22. The van der Waals surface area contributed by atoms with Gasteiger partial charge in [0.15, 0.2) is 0 Å². The Labute approximate surface area is 347 Å². The van der Waals surface area contributed by atoms with Crippen LogP contribution in [0.3, 0.4) is 0 Å². The molecule has 0 unspecified atom stereocenters. The smallest absolute Gasteiger partial charge is 0.0621 e. The van der Waals surface area contributed by atoms with E-state index in [4.69, 9.17) is 0 Å². The highest BCUT2D eigenvalue weighted by Gasteiger charge is 2.35. The van der Waals surface area contributed by atoms with Crippen LogP contribution in [0.15, 0.2) is 200 Å². The minimum atomic E-state index is -0.122. The number of para-hydroxylation sites is 5. The molecule has 0 fully saturated rings. The van der Waals surface area contributed by atoms with Gasteiger partial charge in [-0.3, -0.25) is 0 Å². The molecule has 9 aromatic carbocycles. The van der Waals surface area contributed by atoms with E-state index in [-0.39, 0.29) is 5.41 Å². The highest BCUT2D eigenvalue weighted by atomic mass is 15.0. The van der Waals surface area contributed by atoms with Gasteiger partial charge in [-0.15, -0.1) is 0 Å². The van der Waals surface area contributed by atoms with Crippen LogP contribution in [0.25, 0.3) is 105 Å². The SMILES string of the molecule is CC1(C)c2ccccc2-c2ccc(-n3c4ccccc4c4cc(-n5c6ccccc6c6ccccc65)cc(-c5ccc6c7ccccc7n(-c7ccccc7)c6c5)c43)cc21. The zero-order valence-corrected chi connectivity index (χ0v) is 33.4. The van der Waals surface area contributed by atoms with E-state index in [1.54, 1.807) is 0 Å². The number of hydrogen-bond acceptors (Lipinski definition) is 0. The van der Waals surface area contributed by atoms with Crippen molar-refractivity contribution < 1.29 is 0 Å². The normalized spacial score (nSPS) is 13.3. The van der Waals surface area contributed by atoms with Gasteiger partial charge in [-0.25, -0.2) is 0 Å². The molecule has 0 saturated heterocycles. The summed E-state index contributed by atoms with van der Waals surface area (Å²) < 4.78 is 7.43. The molecule has 0 radical (unpaired) electrons. The lowest BCUT2D eigenvalue weighted by molar-refractivity contribution is 0.660. The largest absolute Gasteiger partial charge is 0.309 e. The Hall–Kier alpha value is -7.62. The van der Waals surface area contributed by atoms with E-state index in [0.29, 0.717) is 0 Å². The Kier molecular flexibility index (Phi) is 6.78. The molecule has 3 heterocycles. The Morgan fingerprint density at radius 1 is 0.300 bits per heavy atom. The van der Waals surface area contributed by atoms with Crippen LogP contribution < -0.4 is 0 Å². The minimum absolute atomic E-state index is 0.122. The Morgan fingerprint density at radius 3 is 1.48 bits per heavy atom. The average molecular weight is 766 g/mol. The molecule has 3 nitrogen and oxygen atoms in total. The highest BCUT2D eigenvalue weighted by Crippen LogP contribution is 2.50. The summed E-state index contributed by atoms with van der Waals surface area (Å²) in [6.45, 7) is 4.75. The fourth-order valence-electron chi connectivity index (χ4n) is 10.7. The van der Waals surface area contributed by atoms with E-state index in [2.05, 4.69) is 228 Å². The number of hydrogen-bond donors (Lipinski definition) is 0. The van der Waals surface area contributed by atoms with Crippen molar-refractivity contribution in [2.75, 3.05) is 0 Å². The summed E-state index contributed by atoms with van der Waals surface area (Å²) in [7, 11) is 0.